The van der Waals surface area contributed by atoms with Crippen LogP contribution < -0.4 is 0 Å². The fraction of sp³-hybridized carbons (Fsp3) is 0.300. The Morgan fingerprint density at radius 3 is 3.04 bits per heavy atom. The zero-order valence-electron chi connectivity index (χ0n) is 15.2. The summed E-state index contributed by atoms with van der Waals surface area (Å²) in [7, 11) is 1.61. The van der Waals surface area contributed by atoms with E-state index >= 15 is 0 Å². The van der Waals surface area contributed by atoms with Gasteiger partial charge in [-0.2, -0.15) is 0 Å². The van der Waals surface area contributed by atoms with Gasteiger partial charge in [-0.1, -0.05) is 30.2 Å². The second kappa shape index (κ2) is 8.76. The van der Waals surface area contributed by atoms with Crippen molar-refractivity contribution in [1.29, 1.82) is 0 Å². The predicted octanol–water partition coefficient (Wildman–Crippen LogP) is 2.96. The molecule has 1 aromatic heterocycles. The van der Waals surface area contributed by atoms with Crippen molar-refractivity contribution in [3.8, 4) is 11.8 Å². The molecule has 140 valence electrons. The first-order chi connectivity index (χ1) is 13.1. The van der Waals surface area contributed by atoms with Crippen LogP contribution >= 0.6 is 11.6 Å². The molecule has 0 fully saturated rings. The van der Waals surface area contributed by atoms with Crippen molar-refractivity contribution >= 4 is 17.6 Å². The van der Waals surface area contributed by atoms with Crippen molar-refractivity contribution in [2.24, 2.45) is 0 Å². The van der Waals surface area contributed by atoms with E-state index in [0.29, 0.717) is 43.6 Å². The van der Waals surface area contributed by atoms with Crippen molar-refractivity contribution in [2.45, 2.75) is 13.1 Å². The number of amides is 2. The van der Waals surface area contributed by atoms with Gasteiger partial charge in [0.15, 0.2) is 5.82 Å². The molecule has 1 aliphatic heterocycles. The summed E-state index contributed by atoms with van der Waals surface area (Å²) in [5, 5.41) is 0.654. The SMILES string of the molecule is C=CN(CCOC)C(=O)N1CCn2c(cnc2C#Cc2cccc(Cl)c2)C1. The summed E-state index contributed by atoms with van der Waals surface area (Å²) in [6.07, 6.45) is 3.31. The quantitative estimate of drug-likeness (QED) is 0.761. The van der Waals surface area contributed by atoms with E-state index in [1.807, 2.05) is 24.3 Å². The minimum absolute atomic E-state index is 0.0824. The number of benzene rings is 1. The number of hydrogen-bond donors (Lipinski definition) is 0. The highest BCUT2D eigenvalue weighted by Crippen LogP contribution is 2.16. The minimum Gasteiger partial charge on any atom is -0.383 e. The highest BCUT2D eigenvalue weighted by Gasteiger charge is 2.25. The number of urea groups is 1. The van der Waals surface area contributed by atoms with Crippen LogP contribution in [-0.2, 0) is 17.8 Å². The molecular formula is C20H21ClN4O2. The normalized spacial score (nSPS) is 12.7. The lowest BCUT2D eigenvalue weighted by Crippen LogP contribution is -2.45. The zero-order valence-corrected chi connectivity index (χ0v) is 15.9. The number of ether oxygens (including phenoxy) is 1. The van der Waals surface area contributed by atoms with Crippen LogP contribution in [0.1, 0.15) is 17.1 Å². The van der Waals surface area contributed by atoms with Gasteiger partial charge in [0.25, 0.3) is 0 Å². The summed E-state index contributed by atoms with van der Waals surface area (Å²) in [5.41, 5.74) is 1.80. The van der Waals surface area contributed by atoms with Crippen molar-refractivity contribution < 1.29 is 9.53 Å². The molecule has 2 heterocycles. The van der Waals surface area contributed by atoms with Crippen LogP contribution in [0.2, 0.25) is 5.02 Å². The average Bonchev–Trinajstić information content (AvgIpc) is 3.09. The molecule has 1 aromatic carbocycles. The van der Waals surface area contributed by atoms with Gasteiger partial charge in [0.2, 0.25) is 0 Å². The van der Waals surface area contributed by atoms with E-state index in [0.717, 1.165) is 11.3 Å². The standard InChI is InChI=1S/C20H21ClN4O2/c1-3-23(11-12-27-2)20(26)24-9-10-25-18(15-24)14-22-19(25)8-7-16-5-4-6-17(21)13-16/h3-6,13-14H,1,9-12,15H2,2H3. The van der Waals surface area contributed by atoms with Crippen molar-refractivity contribution in [3.05, 3.63) is 65.3 Å². The van der Waals surface area contributed by atoms with E-state index < -0.39 is 0 Å². The van der Waals surface area contributed by atoms with Crippen LogP contribution in [0.4, 0.5) is 4.79 Å². The van der Waals surface area contributed by atoms with Crippen LogP contribution in [-0.4, -0.2) is 52.2 Å². The summed E-state index contributed by atoms with van der Waals surface area (Å²) >= 11 is 5.99. The summed E-state index contributed by atoms with van der Waals surface area (Å²) < 4.78 is 7.09. The number of carbonyl (C=O) groups is 1. The molecule has 3 rings (SSSR count). The summed E-state index contributed by atoms with van der Waals surface area (Å²) in [5.74, 6) is 6.88. The number of carbonyl (C=O) groups excluding carboxylic acids is 1. The molecule has 0 radical (unpaired) electrons. The van der Waals surface area contributed by atoms with E-state index in [9.17, 15) is 4.79 Å². The molecule has 0 bridgehead atoms. The highest BCUT2D eigenvalue weighted by atomic mass is 35.5. The van der Waals surface area contributed by atoms with Gasteiger partial charge < -0.3 is 14.2 Å². The third-order valence-corrected chi connectivity index (χ3v) is 4.54. The summed E-state index contributed by atoms with van der Waals surface area (Å²) in [6, 6.07) is 7.32. The van der Waals surface area contributed by atoms with E-state index in [1.165, 1.54) is 6.20 Å². The van der Waals surface area contributed by atoms with Crippen molar-refractivity contribution in [3.63, 3.8) is 0 Å². The number of imidazole rings is 1. The summed E-state index contributed by atoms with van der Waals surface area (Å²) in [6.45, 7) is 6.38. The van der Waals surface area contributed by atoms with Gasteiger partial charge in [0.1, 0.15) is 0 Å². The maximum Gasteiger partial charge on any atom is 0.324 e. The number of halogens is 1. The molecule has 27 heavy (non-hydrogen) atoms. The Hall–Kier alpha value is -2.75. The number of aromatic nitrogens is 2. The maximum atomic E-state index is 12.6. The monoisotopic (exact) mass is 384 g/mol. The van der Waals surface area contributed by atoms with Gasteiger partial charge >= 0.3 is 6.03 Å². The number of nitrogens with zero attached hydrogens (tertiary/aromatic N) is 4. The topological polar surface area (TPSA) is 50.6 Å². The molecule has 2 aromatic rings. The van der Waals surface area contributed by atoms with E-state index in [2.05, 4.69) is 28.0 Å². The number of rotatable bonds is 4. The highest BCUT2D eigenvalue weighted by molar-refractivity contribution is 6.30. The molecule has 7 heteroatoms. The zero-order chi connectivity index (χ0) is 19.2. The molecule has 2 amide bonds. The summed E-state index contributed by atoms with van der Waals surface area (Å²) in [4.78, 5) is 20.4. The molecule has 0 N–H and O–H groups in total. The second-order valence-corrected chi connectivity index (χ2v) is 6.49. The van der Waals surface area contributed by atoms with Gasteiger partial charge in [0, 0.05) is 37.0 Å². The molecule has 0 saturated carbocycles. The van der Waals surface area contributed by atoms with Gasteiger partial charge in [-0.05, 0) is 24.1 Å². The molecule has 0 atom stereocenters. The van der Waals surface area contributed by atoms with E-state index in [1.54, 1.807) is 23.1 Å². The molecular weight excluding hydrogens is 364 g/mol. The first-order valence-corrected chi connectivity index (χ1v) is 8.99. The Morgan fingerprint density at radius 2 is 2.30 bits per heavy atom. The number of fused-ring (bicyclic) bond motifs is 1. The lowest BCUT2D eigenvalue weighted by Gasteiger charge is -2.32. The van der Waals surface area contributed by atoms with E-state index in [4.69, 9.17) is 16.3 Å². The third-order valence-electron chi connectivity index (χ3n) is 4.30. The molecule has 6 nitrogen and oxygen atoms in total. The van der Waals surface area contributed by atoms with Crippen LogP contribution in [0.25, 0.3) is 0 Å². The smallest absolute Gasteiger partial charge is 0.324 e. The lowest BCUT2D eigenvalue weighted by molar-refractivity contribution is 0.135. The van der Waals surface area contributed by atoms with Gasteiger partial charge in [-0.15, -0.1) is 0 Å². The second-order valence-electron chi connectivity index (χ2n) is 6.06. The Kier molecular flexibility index (Phi) is 6.17. The van der Waals surface area contributed by atoms with Gasteiger partial charge in [-0.3, -0.25) is 4.90 Å². The fourth-order valence-corrected chi connectivity index (χ4v) is 3.07. The Balaban J connectivity index is 1.72. The first-order valence-electron chi connectivity index (χ1n) is 8.61. The molecule has 0 saturated heterocycles. The fourth-order valence-electron chi connectivity index (χ4n) is 2.88. The number of methoxy groups -OCH3 is 1. The van der Waals surface area contributed by atoms with Crippen LogP contribution in [0.15, 0.2) is 43.2 Å². The maximum absolute atomic E-state index is 12.6. The minimum atomic E-state index is -0.0824. The first kappa shape index (κ1) is 19.0. The van der Waals surface area contributed by atoms with Crippen LogP contribution in [0.5, 0.6) is 0 Å². The largest absolute Gasteiger partial charge is 0.383 e. The van der Waals surface area contributed by atoms with Gasteiger partial charge in [0.05, 0.1) is 31.6 Å². The van der Waals surface area contributed by atoms with E-state index in [-0.39, 0.29) is 6.03 Å². The van der Waals surface area contributed by atoms with Crippen LogP contribution in [0.3, 0.4) is 0 Å². The van der Waals surface area contributed by atoms with Crippen molar-refractivity contribution in [2.75, 3.05) is 26.8 Å². The van der Waals surface area contributed by atoms with Crippen molar-refractivity contribution in [1.82, 2.24) is 19.4 Å². The Bertz CT molecular complexity index is 897. The molecule has 1 aliphatic rings. The predicted molar refractivity (Wildman–Crippen MR) is 104 cm³/mol. The molecule has 0 spiro atoms. The third kappa shape index (κ3) is 4.51. The average molecular weight is 385 g/mol. The van der Waals surface area contributed by atoms with Crippen LogP contribution in [0, 0.1) is 11.8 Å². The molecule has 0 aliphatic carbocycles. The Morgan fingerprint density at radius 1 is 1.44 bits per heavy atom. The Labute approximate surface area is 164 Å². The lowest BCUT2D eigenvalue weighted by atomic mass is 10.2. The molecule has 0 unspecified atom stereocenters. The number of hydrogen-bond acceptors (Lipinski definition) is 3. The van der Waals surface area contributed by atoms with Gasteiger partial charge in [-0.25, -0.2) is 9.78 Å².